The molecular formula is C11H18O3. The van der Waals surface area contributed by atoms with Gasteiger partial charge in [-0.05, 0) is 19.4 Å². The summed E-state index contributed by atoms with van der Waals surface area (Å²) in [4.78, 5) is 11.0. The maximum absolute atomic E-state index is 11.0. The Morgan fingerprint density at radius 1 is 1.57 bits per heavy atom. The van der Waals surface area contributed by atoms with Gasteiger partial charge in [0.25, 0.3) is 0 Å². The Kier molecular flexibility index (Phi) is 4.14. The summed E-state index contributed by atoms with van der Waals surface area (Å²) in [6, 6.07) is 0. The zero-order valence-corrected chi connectivity index (χ0v) is 8.91. The van der Waals surface area contributed by atoms with Crippen LogP contribution in [0.1, 0.15) is 33.1 Å². The van der Waals surface area contributed by atoms with Crippen LogP contribution in [-0.2, 0) is 14.3 Å². The summed E-state index contributed by atoms with van der Waals surface area (Å²) < 4.78 is 10.1. The Labute approximate surface area is 85.1 Å². The van der Waals surface area contributed by atoms with E-state index < -0.39 is 0 Å². The molecule has 0 N–H and O–H groups in total. The molecule has 1 aliphatic rings. The van der Waals surface area contributed by atoms with Gasteiger partial charge in [-0.25, -0.2) is 4.79 Å². The highest BCUT2D eigenvalue weighted by Gasteiger charge is 2.41. The van der Waals surface area contributed by atoms with Gasteiger partial charge in [-0.15, -0.1) is 0 Å². The maximum Gasteiger partial charge on any atom is 0.330 e. The van der Waals surface area contributed by atoms with Crippen molar-refractivity contribution in [2.75, 3.05) is 13.2 Å². The number of carbonyl (C=O) groups is 1. The second kappa shape index (κ2) is 5.15. The molecule has 0 amide bonds. The third-order valence-corrected chi connectivity index (χ3v) is 2.28. The second-order valence-electron chi connectivity index (χ2n) is 3.54. The fourth-order valence-corrected chi connectivity index (χ4v) is 1.30. The molecule has 0 aromatic carbocycles. The largest absolute Gasteiger partial charge is 0.463 e. The molecule has 1 saturated heterocycles. The molecule has 0 saturated carbocycles. The molecule has 1 fully saturated rings. The Hall–Kier alpha value is -0.830. The van der Waals surface area contributed by atoms with Gasteiger partial charge in [0.2, 0.25) is 0 Å². The Balaban J connectivity index is 2.31. The molecule has 14 heavy (non-hydrogen) atoms. The molecule has 3 nitrogen and oxygen atoms in total. The van der Waals surface area contributed by atoms with Crippen LogP contribution in [0.15, 0.2) is 12.2 Å². The lowest BCUT2D eigenvalue weighted by atomic mass is 10.0. The molecule has 80 valence electrons. The molecule has 0 radical (unpaired) electrons. The van der Waals surface area contributed by atoms with E-state index in [4.69, 9.17) is 9.47 Å². The van der Waals surface area contributed by atoms with Crippen LogP contribution in [0.25, 0.3) is 0 Å². The predicted octanol–water partition coefficient (Wildman–Crippen LogP) is 2.06. The molecule has 1 heterocycles. The molecule has 0 spiro atoms. The first-order valence-corrected chi connectivity index (χ1v) is 5.22. The first-order valence-electron chi connectivity index (χ1n) is 5.22. The van der Waals surface area contributed by atoms with E-state index in [-0.39, 0.29) is 11.6 Å². The van der Waals surface area contributed by atoms with E-state index in [1.807, 2.05) is 6.08 Å². The van der Waals surface area contributed by atoms with Crippen LogP contribution in [0, 0.1) is 0 Å². The zero-order chi connectivity index (χ0) is 10.4. The van der Waals surface area contributed by atoms with Crippen molar-refractivity contribution >= 4 is 5.97 Å². The lowest BCUT2D eigenvalue weighted by Gasteiger charge is -2.04. The second-order valence-corrected chi connectivity index (χ2v) is 3.54. The summed E-state index contributed by atoms with van der Waals surface area (Å²) in [5.41, 5.74) is -0.150. The zero-order valence-electron chi connectivity index (χ0n) is 8.91. The molecule has 1 aliphatic heterocycles. The van der Waals surface area contributed by atoms with Crippen molar-refractivity contribution in [1.29, 1.82) is 0 Å². The minimum Gasteiger partial charge on any atom is -0.463 e. The summed E-state index contributed by atoms with van der Waals surface area (Å²) in [5.74, 6) is -0.279. The van der Waals surface area contributed by atoms with Gasteiger partial charge >= 0.3 is 5.97 Å². The average molecular weight is 198 g/mol. The SMILES string of the molecule is CCCC[C@]1(/C=C/C(=O)OCC)CO1. The molecule has 0 bridgehead atoms. The standard InChI is InChI=1S/C11H18O3/c1-3-5-7-11(9-14-11)8-6-10(12)13-4-2/h6,8H,3-5,7,9H2,1-2H3/b8-6+/t11-/m0/s1. The van der Waals surface area contributed by atoms with Gasteiger partial charge in [0.15, 0.2) is 0 Å². The van der Waals surface area contributed by atoms with E-state index in [9.17, 15) is 4.79 Å². The fraction of sp³-hybridized carbons (Fsp3) is 0.727. The molecule has 3 heteroatoms. The Morgan fingerprint density at radius 2 is 2.29 bits per heavy atom. The van der Waals surface area contributed by atoms with Crippen LogP contribution in [-0.4, -0.2) is 24.8 Å². The summed E-state index contributed by atoms with van der Waals surface area (Å²) in [6.45, 7) is 5.10. The highest BCUT2D eigenvalue weighted by Crippen LogP contribution is 2.34. The van der Waals surface area contributed by atoms with Crippen LogP contribution >= 0.6 is 0 Å². The number of hydrogen-bond donors (Lipinski definition) is 0. The highest BCUT2D eigenvalue weighted by atomic mass is 16.6. The summed E-state index contributed by atoms with van der Waals surface area (Å²) in [6.07, 6.45) is 6.59. The first kappa shape index (κ1) is 11.2. The van der Waals surface area contributed by atoms with Gasteiger partial charge in [-0.3, -0.25) is 0 Å². The molecule has 1 rings (SSSR count). The lowest BCUT2D eigenvalue weighted by Crippen LogP contribution is -2.08. The third-order valence-electron chi connectivity index (χ3n) is 2.28. The van der Waals surface area contributed by atoms with Crippen LogP contribution < -0.4 is 0 Å². The number of hydrogen-bond acceptors (Lipinski definition) is 3. The first-order chi connectivity index (χ1) is 6.72. The Bertz CT molecular complexity index is 217. The number of esters is 1. The highest BCUT2D eigenvalue weighted by molar-refractivity contribution is 5.82. The third kappa shape index (κ3) is 3.50. The van der Waals surface area contributed by atoms with Crippen molar-refractivity contribution in [3.8, 4) is 0 Å². The molecule has 1 atom stereocenters. The van der Waals surface area contributed by atoms with Gasteiger partial charge in [-0.2, -0.15) is 0 Å². The van der Waals surface area contributed by atoms with Gasteiger partial charge in [0.1, 0.15) is 5.60 Å². The predicted molar refractivity (Wildman–Crippen MR) is 54.0 cm³/mol. The van der Waals surface area contributed by atoms with Gasteiger partial charge in [0, 0.05) is 6.08 Å². The normalized spacial score (nSPS) is 25.3. The van der Waals surface area contributed by atoms with Crippen molar-refractivity contribution in [2.24, 2.45) is 0 Å². The van der Waals surface area contributed by atoms with E-state index in [1.54, 1.807) is 6.92 Å². The monoisotopic (exact) mass is 198 g/mol. The maximum atomic E-state index is 11.0. The number of carbonyl (C=O) groups excluding carboxylic acids is 1. The van der Waals surface area contributed by atoms with E-state index >= 15 is 0 Å². The van der Waals surface area contributed by atoms with Crippen molar-refractivity contribution in [2.45, 2.75) is 38.7 Å². The van der Waals surface area contributed by atoms with Gasteiger partial charge < -0.3 is 9.47 Å². The van der Waals surface area contributed by atoms with Crippen molar-refractivity contribution in [1.82, 2.24) is 0 Å². The topological polar surface area (TPSA) is 38.8 Å². The van der Waals surface area contributed by atoms with E-state index in [0.717, 1.165) is 25.9 Å². The van der Waals surface area contributed by atoms with E-state index in [2.05, 4.69) is 6.92 Å². The quantitative estimate of drug-likeness (QED) is 0.372. The van der Waals surface area contributed by atoms with Crippen LogP contribution in [0.4, 0.5) is 0 Å². The number of rotatable bonds is 6. The molecule has 0 unspecified atom stereocenters. The van der Waals surface area contributed by atoms with Crippen molar-refractivity contribution in [3.05, 3.63) is 12.2 Å². The summed E-state index contributed by atoms with van der Waals surface area (Å²) >= 11 is 0. The minimum absolute atomic E-state index is 0.150. The minimum atomic E-state index is -0.279. The van der Waals surface area contributed by atoms with Crippen LogP contribution in [0.3, 0.4) is 0 Å². The number of epoxide rings is 1. The number of ether oxygens (including phenoxy) is 2. The number of unbranched alkanes of at least 4 members (excludes halogenated alkanes) is 1. The Morgan fingerprint density at radius 3 is 2.79 bits per heavy atom. The summed E-state index contributed by atoms with van der Waals surface area (Å²) in [7, 11) is 0. The van der Waals surface area contributed by atoms with Crippen molar-refractivity contribution < 1.29 is 14.3 Å². The molecule has 0 aromatic heterocycles. The van der Waals surface area contributed by atoms with Crippen molar-refractivity contribution in [3.63, 3.8) is 0 Å². The lowest BCUT2D eigenvalue weighted by molar-refractivity contribution is -0.137. The fourth-order valence-electron chi connectivity index (χ4n) is 1.30. The average Bonchev–Trinajstić information content (AvgIpc) is 2.93. The smallest absolute Gasteiger partial charge is 0.330 e. The molecule has 0 aromatic rings. The van der Waals surface area contributed by atoms with Crippen LogP contribution in [0.5, 0.6) is 0 Å². The summed E-state index contributed by atoms with van der Waals surface area (Å²) in [5, 5.41) is 0. The molecule has 0 aliphatic carbocycles. The van der Waals surface area contributed by atoms with Crippen LogP contribution in [0.2, 0.25) is 0 Å². The van der Waals surface area contributed by atoms with Gasteiger partial charge in [0.05, 0.1) is 13.2 Å². The van der Waals surface area contributed by atoms with E-state index in [1.165, 1.54) is 6.08 Å². The van der Waals surface area contributed by atoms with E-state index in [0.29, 0.717) is 6.61 Å². The van der Waals surface area contributed by atoms with Gasteiger partial charge in [-0.1, -0.05) is 19.8 Å². The molecular weight excluding hydrogens is 180 g/mol.